The van der Waals surface area contributed by atoms with E-state index < -0.39 is 38.8 Å². The molecule has 586 valence electrons. The number of aryl methyl sites for hydroxylation is 6. The Morgan fingerprint density at radius 1 is 0.473 bits per heavy atom. The lowest BCUT2D eigenvalue weighted by Gasteiger charge is -2.22. The molecule has 4 N–H and O–H groups in total. The number of halogens is 6. The van der Waals surface area contributed by atoms with Crippen molar-refractivity contribution in [2.75, 3.05) is 40.3 Å². The lowest BCUT2D eigenvalue weighted by atomic mass is 9.97. The number of H-pyrrole nitrogens is 1. The highest BCUT2D eigenvalue weighted by Gasteiger charge is 2.24. The van der Waals surface area contributed by atoms with Crippen LogP contribution in [-0.4, -0.2) is 107 Å². The second-order valence-electron chi connectivity index (χ2n) is 24.2. The predicted molar refractivity (Wildman–Crippen MR) is 451 cm³/mol. The fraction of sp³-hybridized carbons (Fsp3) is 0.224. The molecular formula is C85H84Br3Cl3N6O15. The Morgan fingerprint density at radius 2 is 0.857 bits per heavy atom. The monoisotopic (exact) mass is 1770 g/mol. The summed E-state index contributed by atoms with van der Waals surface area (Å²) >= 11 is 25.5. The number of aliphatic hydroxyl groups is 1. The Kier molecular flexibility index (Phi) is 36.6. The molecule has 5 aromatic heterocycles. The zero-order chi connectivity index (χ0) is 80.7. The Hall–Kier alpha value is -10.3. The molecule has 0 bridgehead atoms. The maximum absolute atomic E-state index is 12.8. The number of nitrogens with zero attached hydrogens (tertiary/aromatic N) is 4. The van der Waals surface area contributed by atoms with Crippen LogP contribution in [0.15, 0.2) is 258 Å². The summed E-state index contributed by atoms with van der Waals surface area (Å²) in [4.78, 5) is 120. The van der Waals surface area contributed by atoms with Gasteiger partial charge in [-0.1, -0.05) is 230 Å². The van der Waals surface area contributed by atoms with Crippen LogP contribution in [0.5, 0.6) is 0 Å². The second-order valence-corrected chi connectivity index (χ2v) is 29.6. The first kappa shape index (κ1) is 90.6. The highest BCUT2D eigenvalue weighted by Crippen LogP contribution is 2.31. The van der Waals surface area contributed by atoms with Gasteiger partial charge in [-0.25, -0.2) is 19.2 Å². The van der Waals surface area contributed by atoms with Crippen LogP contribution in [0.3, 0.4) is 0 Å². The van der Waals surface area contributed by atoms with Gasteiger partial charge in [0, 0.05) is 83.2 Å². The number of fused-ring (bicyclic) bond motifs is 9. The molecule has 0 saturated heterocycles. The van der Waals surface area contributed by atoms with E-state index in [0.717, 1.165) is 93.9 Å². The number of carbonyl (C=O) groups is 5. The van der Waals surface area contributed by atoms with E-state index in [1.165, 1.54) is 83.9 Å². The molecule has 3 aliphatic rings. The minimum atomic E-state index is -1.17. The van der Waals surface area contributed by atoms with Crippen LogP contribution in [0.1, 0.15) is 99.5 Å². The molecule has 0 aliphatic carbocycles. The van der Waals surface area contributed by atoms with E-state index in [4.69, 9.17) is 45.0 Å². The van der Waals surface area contributed by atoms with Crippen molar-refractivity contribution >= 4 is 112 Å². The number of aromatic carboxylic acids is 1. The number of carboxylic acids is 1. The lowest BCUT2D eigenvalue weighted by molar-refractivity contribution is 0.0589. The number of hydrogen-bond acceptors (Lipinski definition) is 14. The third kappa shape index (κ3) is 25.4. The van der Waals surface area contributed by atoms with E-state index in [1.807, 2.05) is 133 Å². The molecule has 1 amide bonds. The van der Waals surface area contributed by atoms with Crippen molar-refractivity contribution < 1.29 is 48.4 Å². The number of nitrogens with one attached hydrogen (secondary N) is 2. The number of aromatic amines is 1. The van der Waals surface area contributed by atoms with Gasteiger partial charge in [-0.2, -0.15) is 0 Å². The first-order valence-corrected chi connectivity index (χ1v) is 38.4. The summed E-state index contributed by atoms with van der Waals surface area (Å²) in [7, 11) is 4.77. The van der Waals surface area contributed by atoms with E-state index >= 15 is 0 Å². The van der Waals surface area contributed by atoms with Crippen molar-refractivity contribution in [2.45, 2.75) is 82.8 Å². The zero-order valence-corrected chi connectivity index (χ0v) is 68.1. The highest BCUT2D eigenvalue weighted by atomic mass is 79.9. The predicted octanol–water partition coefficient (Wildman–Crippen LogP) is 15.5. The molecule has 0 atom stereocenters. The van der Waals surface area contributed by atoms with Crippen molar-refractivity contribution in [1.82, 2.24) is 28.6 Å². The first-order chi connectivity index (χ1) is 53.4. The Bertz CT molecular complexity index is 5360. The van der Waals surface area contributed by atoms with Gasteiger partial charge in [-0.3, -0.25) is 28.8 Å². The normalized spacial score (nSPS) is 11.2. The molecule has 0 spiro atoms. The van der Waals surface area contributed by atoms with Gasteiger partial charge in [-0.05, 0) is 152 Å². The summed E-state index contributed by atoms with van der Waals surface area (Å²) in [5.41, 5.74) is 11.5. The number of methoxy groups -OCH3 is 3. The number of rotatable bonds is 13. The van der Waals surface area contributed by atoms with Crippen molar-refractivity contribution in [2.24, 2.45) is 0 Å². The highest BCUT2D eigenvalue weighted by molar-refractivity contribution is 9.11. The minimum absolute atomic E-state index is 0. The number of ether oxygens (including phenoxy) is 3. The third-order valence-electron chi connectivity index (χ3n) is 17.2. The Morgan fingerprint density at radius 3 is 1.30 bits per heavy atom. The molecule has 0 fully saturated rings. The van der Waals surface area contributed by atoms with Crippen LogP contribution in [-0.2, 0) is 78.9 Å². The lowest BCUT2D eigenvalue weighted by Crippen LogP contribution is -2.35. The maximum atomic E-state index is 12.8. The van der Waals surface area contributed by atoms with Gasteiger partial charge < -0.3 is 53.0 Å². The number of benzene rings is 6. The SMILES string of the molecule is BrCCc1ccccc1Br.C.CC(Cl)(Cl)Cl.CO.COC(=O)c1ccc2n(c1=O)CCc1ccccc1-2.COC(=O)c1ccc[nH]c1=O.COC(=O)c1cccn(CCc2ccccc2Br)c1=O.O=C(NCCc1ccccc1)c1ccc2n(c1=O)CCc1ccccc1-2.O=C(O)c1ccc2n(c1=O)CCc1ccccc1-2. The summed E-state index contributed by atoms with van der Waals surface area (Å²) in [6, 6.07) is 66.2. The molecule has 6 aromatic carbocycles. The topological polar surface area (TPSA) is 286 Å². The number of aliphatic hydroxyl groups excluding tert-OH is 1. The van der Waals surface area contributed by atoms with Crippen molar-refractivity contribution in [1.29, 1.82) is 0 Å². The molecule has 21 nitrogen and oxygen atoms in total. The zero-order valence-electron chi connectivity index (χ0n) is 61.1. The van der Waals surface area contributed by atoms with Crippen molar-refractivity contribution in [3.8, 4) is 33.8 Å². The molecule has 11 aromatic rings. The summed E-state index contributed by atoms with van der Waals surface area (Å²) in [6.45, 7) is 4.23. The standard InChI is InChI=1S/C22H20N2O2.C15H14BrNO3.C15H13NO3.C14H11NO3.C8H8Br2.C7H7NO3.C2H3Cl3.CH4O.CH4/c25-21(23-14-12-16-6-2-1-3-7-16)19-10-11-20-18-9-5-4-8-17(18)13-15-24(20)22(19)26;1-20-15(19)12-6-4-9-17(14(12)18)10-8-11-5-2-3-7-13(11)16;1-19-15(18)12-6-7-13-11-5-3-2-4-10(11)8-9-16(13)14(12)17;16-13-11(14(17)18)5-6-12-10-4-2-1-3-9(10)7-8-15(12)13;9-6-5-7-3-1-2-4-8(7)10;1-11-7(10)5-3-2-4-8-6(5)9;1-2(3,4)5;1-2;/h1-11H,12-15H2,(H,23,25);2-7,9H,8,10H2,1H3;2-7H,8-9H2,1H3;1-6H,7-8H2,(H,17,18);1-4H,5-6H2;2-4H,1H3,(H,8,9);1H3;2H,1H3;1H4. The van der Waals surface area contributed by atoms with Crippen LogP contribution in [0.25, 0.3) is 33.8 Å². The molecule has 27 heteroatoms. The van der Waals surface area contributed by atoms with Gasteiger partial charge in [0.25, 0.3) is 33.7 Å². The van der Waals surface area contributed by atoms with Gasteiger partial charge in [0.15, 0.2) is 3.79 Å². The average molecular weight is 1780 g/mol. The molecular weight excluding hydrogens is 1690 g/mol. The Labute approximate surface area is 687 Å². The van der Waals surface area contributed by atoms with E-state index in [0.29, 0.717) is 39.1 Å². The van der Waals surface area contributed by atoms with Gasteiger partial charge in [-0.15, -0.1) is 0 Å². The largest absolute Gasteiger partial charge is 0.477 e. The fourth-order valence-corrected chi connectivity index (χ4v) is 13.2. The number of pyridine rings is 5. The molecule has 3 aliphatic heterocycles. The number of amides is 1. The summed E-state index contributed by atoms with van der Waals surface area (Å²) in [6.07, 6.45) is 8.02. The quantitative estimate of drug-likeness (QED) is 0.0474. The first-order valence-electron chi connectivity index (χ1n) is 34.6. The Balaban J connectivity index is 0.000000210. The third-order valence-corrected chi connectivity index (χ3v) is 19.1. The number of aromatic nitrogens is 5. The molecule has 112 heavy (non-hydrogen) atoms. The van der Waals surface area contributed by atoms with Crippen LogP contribution in [0, 0.1) is 0 Å². The van der Waals surface area contributed by atoms with Crippen molar-refractivity contribution in [3.63, 3.8) is 0 Å². The summed E-state index contributed by atoms with van der Waals surface area (Å²) in [5, 5.41) is 19.8. The molecule has 0 unspecified atom stereocenters. The number of alkyl halides is 4. The smallest absolute Gasteiger partial charge is 0.343 e. The average Bonchev–Trinajstić information content (AvgIpc) is 0.781. The number of esters is 3. The number of carbonyl (C=O) groups excluding carboxylic acids is 4. The van der Waals surface area contributed by atoms with Crippen LogP contribution in [0.2, 0.25) is 0 Å². The van der Waals surface area contributed by atoms with Crippen LogP contribution in [0.4, 0.5) is 0 Å². The fourth-order valence-electron chi connectivity index (χ4n) is 11.8. The molecule has 14 rings (SSSR count). The maximum Gasteiger partial charge on any atom is 0.343 e. The van der Waals surface area contributed by atoms with Gasteiger partial charge in [0.05, 0.1) is 38.4 Å². The second kappa shape index (κ2) is 45.3. The van der Waals surface area contributed by atoms with E-state index in [-0.39, 0.29) is 57.8 Å². The van der Waals surface area contributed by atoms with Crippen molar-refractivity contribution in [3.05, 3.63) is 347 Å². The summed E-state index contributed by atoms with van der Waals surface area (Å²) < 4.78 is 21.1. The number of hydrogen-bond donors (Lipinski definition) is 4. The molecule has 0 radical (unpaired) electrons. The van der Waals surface area contributed by atoms with Gasteiger partial charge >= 0.3 is 23.9 Å². The van der Waals surface area contributed by atoms with E-state index in [9.17, 15) is 47.9 Å². The van der Waals surface area contributed by atoms with Crippen LogP contribution < -0.4 is 33.1 Å². The molecule has 8 heterocycles. The van der Waals surface area contributed by atoms with Gasteiger partial charge in [0.2, 0.25) is 0 Å². The van der Waals surface area contributed by atoms with Gasteiger partial charge in [0.1, 0.15) is 27.8 Å². The summed E-state index contributed by atoms with van der Waals surface area (Å²) in [5.74, 6) is -3.29. The van der Waals surface area contributed by atoms with Crippen LogP contribution >= 0.6 is 82.6 Å². The number of carboxylic acid groups (broad SMARTS) is 1. The van der Waals surface area contributed by atoms with E-state index in [1.54, 1.807) is 50.2 Å². The molecule has 0 saturated carbocycles. The van der Waals surface area contributed by atoms with E-state index in [2.05, 4.69) is 103 Å². The minimum Gasteiger partial charge on any atom is -0.477 e.